The largest absolute Gasteiger partial charge is 0.322 e. The Labute approximate surface area is 140 Å². The highest BCUT2D eigenvalue weighted by atomic mass is 79.9. The summed E-state index contributed by atoms with van der Waals surface area (Å²) in [7, 11) is 0. The molecule has 0 atom stereocenters. The molecule has 0 unspecified atom stereocenters. The number of aryl methyl sites for hydroxylation is 1. The molecule has 0 saturated heterocycles. The molecule has 0 aliphatic heterocycles. The molecular weight excluding hydrogens is 338 g/mol. The van der Waals surface area contributed by atoms with E-state index < -0.39 is 0 Å². The standard InChI is InChI=1S/C19H20BrNO/c1-13(2)16-8-5-15(6-9-16)7-11-19(22)21-17-10-4-14(3)18(20)12-17/h4-13H,1-3H3,(H,21,22)/b11-7+. The second-order valence-corrected chi connectivity index (χ2v) is 6.46. The number of anilines is 1. The minimum absolute atomic E-state index is 0.135. The lowest BCUT2D eigenvalue weighted by atomic mass is 10.0. The number of benzene rings is 2. The first-order chi connectivity index (χ1) is 10.5. The van der Waals surface area contributed by atoms with Gasteiger partial charge in [-0.25, -0.2) is 0 Å². The number of nitrogens with one attached hydrogen (secondary N) is 1. The van der Waals surface area contributed by atoms with E-state index in [9.17, 15) is 4.79 Å². The number of hydrogen-bond acceptors (Lipinski definition) is 1. The Morgan fingerprint density at radius 1 is 1.14 bits per heavy atom. The van der Waals surface area contributed by atoms with E-state index in [2.05, 4.69) is 47.2 Å². The molecule has 0 heterocycles. The summed E-state index contributed by atoms with van der Waals surface area (Å²) in [6, 6.07) is 14.0. The molecule has 2 nitrogen and oxygen atoms in total. The van der Waals surface area contributed by atoms with Gasteiger partial charge in [-0.3, -0.25) is 4.79 Å². The van der Waals surface area contributed by atoms with Gasteiger partial charge in [-0.05, 0) is 47.7 Å². The summed E-state index contributed by atoms with van der Waals surface area (Å²) in [5.74, 6) is 0.380. The first-order valence-corrected chi connectivity index (χ1v) is 8.10. The molecule has 0 aliphatic rings. The average molecular weight is 358 g/mol. The van der Waals surface area contributed by atoms with Crippen molar-refractivity contribution in [1.29, 1.82) is 0 Å². The van der Waals surface area contributed by atoms with Gasteiger partial charge in [0.05, 0.1) is 0 Å². The third-order valence-corrected chi connectivity index (χ3v) is 4.32. The van der Waals surface area contributed by atoms with E-state index in [0.717, 1.165) is 21.3 Å². The molecule has 0 bridgehead atoms. The number of amides is 1. The van der Waals surface area contributed by atoms with Crippen molar-refractivity contribution >= 4 is 33.6 Å². The topological polar surface area (TPSA) is 29.1 Å². The highest BCUT2D eigenvalue weighted by molar-refractivity contribution is 9.10. The second-order valence-electron chi connectivity index (χ2n) is 5.61. The lowest BCUT2D eigenvalue weighted by Gasteiger charge is -2.05. The summed E-state index contributed by atoms with van der Waals surface area (Å²) in [4.78, 5) is 11.9. The van der Waals surface area contributed by atoms with Crippen molar-refractivity contribution in [3.05, 3.63) is 69.7 Å². The van der Waals surface area contributed by atoms with Gasteiger partial charge in [-0.2, -0.15) is 0 Å². The van der Waals surface area contributed by atoms with Gasteiger partial charge in [0.15, 0.2) is 0 Å². The van der Waals surface area contributed by atoms with Crippen molar-refractivity contribution in [3.8, 4) is 0 Å². The van der Waals surface area contributed by atoms with Crippen molar-refractivity contribution in [3.63, 3.8) is 0 Å². The Hall–Kier alpha value is -1.87. The molecule has 0 saturated carbocycles. The van der Waals surface area contributed by atoms with Gasteiger partial charge < -0.3 is 5.32 Å². The van der Waals surface area contributed by atoms with Gasteiger partial charge in [0.2, 0.25) is 5.91 Å². The van der Waals surface area contributed by atoms with Gasteiger partial charge in [0.25, 0.3) is 0 Å². The van der Waals surface area contributed by atoms with Crippen LogP contribution in [-0.4, -0.2) is 5.91 Å². The summed E-state index contributed by atoms with van der Waals surface area (Å²) < 4.78 is 0.985. The van der Waals surface area contributed by atoms with Crippen LogP contribution in [0.3, 0.4) is 0 Å². The molecule has 0 aliphatic carbocycles. The summed E-state index contributed by atoms with van der Waals surface area (Å²) >= 11 is 3.46. The lowest BCUT2D eigenvalue weighted by Crippen LogP contribution is -2.07. The maximum absolute atomic E-state index is 11.9. The second kappa shape index (κ2) is 7.41. The molecular formula is C19H20BrNO. The van der Waals surface area contributed by atoms with E-state index in [-0.39, 0.29) is 5.91 Å². The van der Waals surface area contributed by atoms with Gasteiger partial charge in [-0.1, -0.05) is 60.1 Å². The normalized spacial score (nSPS) is 11.1. The van der Waals surface area contributed by atoms with Crippen molar-refractivity contribution in [1.82, 2.24) is 0 Å². The molecule has 2 rings (SSSR count). The van der Waals surface area contributed by atoms with Gasteiger partial charge in [0.1, 0.15) is 0 Å². The number of rotatable bonds is 4. The molecule has 0 aromatic heterocycles. The lowest BCUT2D eigenvalue weighted by molar-refractivity contribution is -0.111. The maximum atomic E-state index is 11.9. The molecule has 3 heteroatoms. The van der Waals surface area contributed by atoms with Crippen molar-refractivity contribution in [2.45, 2.75) is 26.7 Å². The molecule has 114 valence electrons. The van der Waals surface area contributed by atoms with Crippen LogP contribution in [0.5, 0.6) is 0 Å². The van der Waals surface area contributed by atoms with E-state index >= 15 is 0 Å². The van der Waals surface area contributed by atoms with Gasteiger partial charge in [0, 0.05) is 16.2 Å². The van der Waals surface area contributed by atoms with E-state index in [1.165, 1.54) is 5.56 Å². The van der Waals surface area contributed by atoms with E-state index in [0.29, 0.717) is 5.92 Å². The monoisotopic (exact) mass is 357 g/mol. The Morgan fingerprint density at radius 3 is 2.41 bits per heavy atom. The zero-order valence-electron chi connectivity index (χ0n) is 13.1. The van der Waals surface area contributed by atoms with E-state index in [1.807, 2.05) is 43.3 Å². The molecule has 1 amide bonds. The van der Waals surface area contributed by atoms with E-state index in [1.54, 1.807) is 6.08 Å². The fourth-order valence-corrected chi connectivity index (χ4v) is 2.40. The molecule has 0 radical (unpaired) electrons. The van der Waals surface area contributed by atoms with Crippen LogP contribution in [0, 0.1) is 6.92 Å². The van der Waals surface area contributed by atoms with Crippen molar-refractivity contribution < 1.29 is 4.79 Å². The van der Waals surface area contributed by atoms with Crippen LogP contribution in [0.25, 0.3) is 6.08 Å². The average Bonchev–Trinajstić information content (AvgIpc) is 2.49. The zero-order chi connectivity index (χ0) is 16.1. The Bertz CT molecular complexity index is 687. The highest BCUT2D eigenvalue weighted by Crippen LogP contribution is 2.20. The quantitative estimate of drug-likeness (QED) is 0.715. The first-order valence-electron chi connectivity index (χ1n) is 7.31. The fraction of sp³-hybridized carbons (Fsp3) is 0.211. The summed E-state index contributed by atoms with van der Waals surface area (Å²) in [5, 5.41) is 2.85. The number of carbonyl (C=O) groups excluding carboxylic acids is 1. The smallest absolute Gasteiger partial charge is 0.248 e. The van der Waals surface area contributed by atoms with E-state index in [4.69, 9.17) is 0 Å². The van der Waals surface area contributed by atoms with Gasteiger partial charge in [-0.15, -0.1) is 0 Å². The van der Waals surface area contributed by atoms with Gasteiger partial charge >= 0.3 is 0 Å². The van der Waals surface area contributed by atoms with Crippen LogP contribution in [-0.2, 0) is 4.79 Å². The molecule has 0 spiro atoms. The van der Waals surface area contributed by atoms with Crippen LogP contribution >= 0.6 is 15.9 Å². The third kappa shape index (κ3) is 4.57. The van der Waals surface area contributed by atoms with Crippen molar-refractivity contribution in [2.75, 3.05) is 5.32 Å². The summed E-state index contributed by atoms with van der Waals surface area (Å²) in [6.45, 7) is 6.34. The van der Waals surface area contributed by atoms with Crippen LogP contribution in [0.15, 0.2) is 53.0 Å². The highest BCUT2D eigenvalue weighted by Gasteiger charge is 2.01. The predicted octanol–water partition coefficient (Wildman–Crippen LogP) is 5.53. The Balaban J connectivity index is 2.00. The Kier molecular flexibility index (Phi) is 5.56. The number of hydrogen-bond donors (Lipinski definition) is 1. The fourth-order valence-electron chi connectivity index (χ4n) is 2.02. The van der Waals surface area contributed by atoms with Crippen LogP contribution in [0.2, 0.25) is 0 Å². The van der Waals surface area contributed by atoms with Crippen LogP contribution in [0.1, 0.15) is 36.5 Å². The van der Waals surface area contributed by atoms with Crippen LogP contribution in [0.4, 0.5) is 5.69 Å². The molecule has 2 aromatic rings. The minimum atomic E-state index is -0.135. The molecule has 1 N–H and O–H groups in total. The summed E-state index contributed by atoms with van der Waals surface area (Å²) in [6.07, 6.45) is 3.38. The number of halogens is 1. The Morgan fingerprint density at radius 2 is 1.82 bits per heavy atom. The summed E-state index contributed by atoms with van der Waals surface area (Å²) in [5.41, 5.74) is 4.23. The first kappa shape index (κ1) is 16.5. The number of carbonyl (C=O) groups is 1. The molecule has 0 fully saturated rings. The maximum Gasteiger partial charge on any atom is 0.248 e. The predicted molar refractivity (Wildman–Crippen MR) is 97.1 cm³/mol. The SMILES string of the molecule is Cc1ccc(NC(=O)/C=C/c2ccc(C(C)C)cc2)cc1Br. The third-order valence-electron chi connectivity index (χ3n) is 3.47. The van der Waals surface area contributed by atoms with Crippen LogP contribution < -0.4 is 5.32 Å². The zero-order valence-corrected chi connectivity index (χ0v) is 14.6. The molecule has 22 heavy (non-hydrogen) atoms. The molecule has 2 aromatic carbocycles. The van der Waals surface area contributed by atoms with Crippen molar-refractivity contribution in [2.24, 2.45) is 0 Å². The minimum Gasteiger partial charge on any atom is -0.322 e.